The molecule has 114 valence electrons. The Hall–Kier alpha value is -0.430. The molecular formula is C12H20F5NO. The van der Waals surface area contributed by atoms with Crippen LogP contribution in [0.2, 0.25) is 0 Å². The third-order valence-electron chi connectivity index (χ3n) is 3.65. The smallest absolute Gasteiger partial charge is 0.393 e. The predicted octanol–water partition coefficient (Wildman–Crippen LogP) is 3.05. The monoisotopic (exact) mass is 289 g/mol. The lowest BCUT2D eigenvalue weighted by Crippen LogP contribution is -2.54. The van der Waals surface area contributed by atoms with Crippen molar-refractivity contribution in [3.05, 3.63) is 0 Å². The second-order valence-corrected chi connectivity index (χ2v) is 5.36. The standard InChI is InChI=1S/C12H20F5NO/c1-7(2)18(6-11(13)14)10-5-8(19)3-4-9(10)12(15,16)17/h7-11,19H,3-6H2,1-2H3. The Kier molecular flexibility index (Phi) is 5.55. The van der Waals surface area contributed by atoms with Crippen LogP contribution in [0.5, 0.6) is 0 Å². The van der Waals surface area contributed by atoms with Crippen molar-refractivity contribution in [3.8, 4) is 0 Å². The summed E-state index contributed by atoms with van der Waals surface area (Å²) in [6.07, 6.45) is -8.18. The highest BCUT2D eigenvalue weighted by atomic mass is 19.4. The summed E-state index contributed by atoms with van der Waals surface area (Å²) in [6.45, 7) is 2.50. The van der Waals surface area contributed by atoms with Crippen molar-refractivity contribution >= 4 is 0 Å². The SMILES string of the molecule is CC(C)N(CC(F)F)C1CC(O)CCC1C(F)(F)F. The van der Waals surface area contributed by atoms with E-state index in [-0.39, 0.29) is 19.3 Å². The predicted molar refractivity (Wildman–Crippen MR) is 61.0 cm³/mol. The van der Waals surface area contributed by atoms with E-state index in [0.717, 1.165) is 0 Å². The first kappa shape index (κ1) is 16.6. The highest BCUT2D eigenvalue weighted by molar-refractivity contribution is 4.91. The molecule has 3 atom stereocenters. The minimum absolute atomic E-state index is 0.0707. The fourth-order valence-electron chi connectivity index (χ4n) is 2.76. The average Bonchev–Trinajstić information content (AvgIpc) is 2.23. The Morgan fingerprint density at radius 2 is 1.79 bits per heavy atom. The molecule has 0 bridgehead atoms. The van der Waals surface area contributed by atoms with Gasteiger partial charge < -0.3 is 5.11 Å². The van der Waals surface area contributed by atoms with Crippen LogP contribution in [0.4, 0.5) is 22.0 Å². The quantitative estimate of drug-likeness (QED) is 0.804. The lowest BCUT2D eigenvalue weighted by molar-refractivity contribution is -0.208. The van der Waals surface area contributed by atoms with Crippen molar-refractivity contribution in [1.82, 2.24) is 4.90 Å². The van der Waals surface area contributed by atoms with Gasteiger partial charge in [0.25, 0.3) is 6.43 Å². The molecule has 0 amide bonds. The Morgan fingerprint density at radius 3 is 2.21 bits per heavy atom. The van der Waals surface area contributed by atoms with Gasteiger partial charge in [-0.05, 0) is 33.1 Å². The van der Waals surface area contributed by atoms with Gasteiger partial charge >= 0.3 is 6.18 Å². The molecular weight excluding hydrogens is 269 g/mol. The summed E-state index contributed by atoms with van der Waals surface area (Å²) in [5, 5.41) is 9.55. The summed E-state index contributed by atoms with van der Waals surface area (Å²) in [5.74, 6) is -1.64. The molecule has 1 aliphatic carbocycles. The molecule has 0 radical (unpaired) electrons. The fourth-order valence-corrected chi connectivity index (χ4v) is 2.76. The van der Waals surface area contributed by atoms with Crippen LogP contribution in [-0.4, -0.2) is 47.3 Å². The van der Waals surface area contributed by atoms with Gasteiger partial charge in [0.1, 0.15) is 0 Å². The number of aliphatic hydroxyl groups excluding tert-OH is 1. The van der Waals surface area contributed by atoms with Gasteiger partial charge in [0.15, 0.2) is 0 Å². The third kappa shape index (κ3) is 4.56. The van der Waals surface area contributed by atoms with E-state index in [1.807, 2.05) is 0 Å². The van der Waals surface area contributed by atoms with Gasteiger partial charge in [-0.15, -0.1) is 0 Å². The van der Waals surface area contributed by atoms with E-state index in [1.54, 1.807) is 13.8 Å². The highest BCUT2D eigenvalue weighted by Crippen LogP contribution is 2.40. The number of halogens is 5. The van der Waals surface area contributed by atoms with Gasteiger partial charge in [0.2, 0.25) is 0 Å². The van der Waals surface area contributed by atoms with Crippen molar-refractivity contribution in [3.63, 3.8) is 0 Å². The number of nitrogens with zero attached hydrogens (tertiary/aromatic N) is 1. The molecule has 0 aliphatic heterocycles. The van der Waals surface area contributed by atoms with Gasteiger partial charge in [-0.25, -0.2) is 8.78 Å². The van der Waals surface area contributed by atoms with Gasteiger partial charge in [-0.1, -0.05) is 0 Å². The highest BCUT2D eigenvalue weighted by Gasteiger charge is 2.49. The van der Waals surface area contributed by atoms with E-state index in [9.17, 15) is 27.1 Å². The molecule has 3 unspecified atom stereocenters. The van der Waals surface area contributed by atoms with Crippen molar-refractivity contribution < 1.29 is 27.1 Å². The van der Waals surface area contributed by atoms with Crippen LogP contribution in [0, 0.1) is 5.92 Å². The molecule has 1 fully saturated rings. The second-order valence-electron chi connectivity index (χ2n) is 5.36. The zero-order valence-corrected chi connectivity index (χ0v) is 11.0. The summed E-state index contributed by atoms with van der Waals surface area (Å²) in [4.78, 5) is 1.17. The van der Waals surface area contributed by atoms with Crippen molar-refractivity contribution in [2.75, 3.05) is 6.54 Å². The molecule has 0 aromatic carbocycles. The van der Waals surface area contributed by atoms with Crippen molar-refractivity contribution in [2.24, 2.45) is 5.92 Å². The zero-order chi connectivity index (χ0) is 14.8. The summed E-state index contributed by atoms with van der Waals surface area (Å²) < 4.78 is 64.0. The van der Waals surface area contributed by atoms with Gasteiger partial charge in [-0.3, -0.25) is 4.90 Å². The van der Waals surface area contributed by atoms with Crippen LogP contribution < -0.4 is 0 Å². The van der Waals surface area contributed by atoms with E-state index in [1.165, 1.54) is 4.90 Å². The molecule has 0 heterocycles. The normalized spacial score (nSPS) is 29.5. The van der Waals surface area contributed by atoms with E-state index in [0.29, 0.717) is 0 Å². The second kappa shape index (κ2) is 6.35. The van der Waals surface area contributed by atoms with E-state index in [4.69, 9.17) is 0 Å². The van der Waals surface area contributed by atoms with Crippen LogP contribution in [-0.2, 0) is 0 Å². The maximum atomic E-state index is 13.0. The molecule has 1 N–H and O–H groups in total. The van der Waals surface area contributed by atoms with Crippen LogP contribution in [0.15, 0.2) is 0 Å². The minimum Gasteiger partial charge on any atom is -0.393 e. The number of alkyl halides is 5. The van der Waals surface area contributed by atoms with Crippen LogP contribution in [0.25, 0.3) is 0 Å². The third-order valence-corrected chi connectivity index (χ3v) is 3.65. The molecule has 0 aromatic heterocycles. The van der Waals surface area contributed by atoms with Crippen molar-refractivity contribution in [1.29, 1.82) is 0 Å². The number of hydrogen-bond acceptors (Lipinski definition) is 2. The minimum atomic E-state index is -4.42. The first-order valence-corrected chi connectivity index (χ1v) is 6.41. The summed E-state index contributed by atoms with van der Waals surface area (Å²) >= 11 is 0. The first-order chi connectivity index (χ1) is 8.62. The number of aliphatic hydroxyl groups is 1. The molecule has 7 heteroatoms. The van der Waals surface area contributed by atoms with E-state index in [2.05, 4.69) is 0 Å². The maximum Gasteiger partial charge on any atom is 0.393 e. The summed E-state index contributed by atoms with van der Waals surface area (Å²) in [5.41, 5.74) is 0. The average molecular weight is 289 g/mol. The maximum absolute atomic E-state index is 13.0. The van der Waals surface area contributed by atoms with Gasteiger partial charge in [0.05, 0.1) is 18.6 Å². The molecule has 1 rings (SSSR count). The Balaban J connectivity index is 2.93. The summed E-state index contributed by atoms with van der Waals surface area (Å²) in [7, 11) is 0. The Bertz CT molecular complexity index is 282. The topological polar surface area (TPSA) is 23.5 Å². The Morgan fingerprint density at radius 1 is 1.21 bits per heavy atom. The molecule has 1 aliphatic rings. The Labute approximate surface area is 109 Å². The van der Waals surface area contributed by atoms with Gasteiger partial charge in [-0.2, -0.15) is 13.2 Å². The van der Waals surface area contributed by atoms with E-state index >= 15 is 0 Å². The van der Waals surface area contributed by atoms with Crippen LogP contribution >= 0.6 is 0 Å². The molecule has 0 spiro atoms. The zero-order valence-electron chi connectivity index (χ0n) is 11.0. The molecule has 1 saturated carbocycles. The lowest BCUT2D eigenvalue weighted by atomic mass is 9.81. The summed E-state index contributed by atoms with van der Waals surface area (Å²) in [6, 6.07) is -1.49. The van der Waals surface area contributed by atoms with Crippen molar-refractivity contribution in [2.45, 2.75) is 63.9 Å². The van der Waals surface area contributed by atoms with Crippen LogP contribution in [0.1, 0.15) is 33.1 Å². The number of rotatable bonds is 4. The largest absolute Gasteiger partial charge is 0.393 e. The lowest BCUT2D eigenvalue weighted by Gasteiger charge is -2.43. The molecule has 0 saturated heterocycles. The van der Waals surface area contributed by atoms with Gasteiger partial charge in [0, 0.05) is 12.1 Å². The van der Waals surface area contributed by atoms with Crippen LogP contribution in [0.3, 0.4) is 0 Å². The molecule has 2 nitrogen and oxygen atoms in total. The molecule has 0 aromatic rings. The van der Waals surface area contributed by atoms with E-state index < -0.39 is 43.3 Å². The number of hydrogen-bond donors (Lipinski definition) is 1. The fraction of sp³-hybridized carbons (Fsp3) is 1.00. The molecule has 19 heavy (non-hydrogen) atoms. The first-order valence-electron chi connectivity index (χ1n) is 6.41.